The number of nitrogens with one attached hydrogen (secondary N) is 1. The topological polar surface area (TPSA) is 91.3 Å². The number of likely N-dealkylation sites (tertiary alicyclic amines) is 1. The van der Waals surface area contributed by atoms with Crippen molar-refractivity contribution in [3.05, 3.63) is 53.3 Å². The number of benzene rings is 2. The highest BCUT2D eigenvalue weighted by Gasteiger charge is 2.31. The van der Waals surface area contributed by atoms with Crippen molar-refractivity contribution in [3.8, 4) is 11.5 Å². The zero-order valence-corrected chi connectivity index (χ0v) is 20.2. The molecule has 2 fully saturated rings. The SMILES string of the molecule is O=C(N[C@H](CN1CCC1)[C@@H](O)c1cc(F)c2c(c1)OCCO2)C(=O)c1ccc(N2CCCCC2)cc1. The molecule has 36 heavy (non-hydrogen) atoms. The number of rotatable bonds is 8. The zero-order chi connectivity index (χ0) is 25.1. The van der Waals surface area contributed by atoms with E-state index in [0.29, 0.717) is 6.54 Å². The summed E-state index contributed by atoms with van der Waals surface area (Å²) in [5.41, 5.74) is 1.58. The number of anilines is 1. The predicted octanol–water partition coefficient (Wildman–Crippen LogP) is 2.69. The fourth-order valence-corrected chi connectivity index (χ4v) is 4.94. The van der Waals surface area contributed by atoms with Gasteiger partial charge in [-0.25, -0.2) is 4.39 Å². The van der Waals surface area contributed by atoms with Crippen molar-refractivity contribution in [2.75, 3.05) is 50.8 Å². The number of carbonyl (C=O) groups excluding carboxylic acids is 2. The molecule has 3 aliphatic rings. The molecule has 0 unspecified atom stereocenters. The third-order valence-corrected chi connectivity index (χ3v) is 7.12. The lowest BCUT2D eigenvalue weighted by Crippen LogP contribution is -2.52. The quantitative estimate of drug-likeness (QED) is 0.428. The molecule has 0 saturated carbocycles. The van der Waals surface area contributed by atoms with Crippen molar-refractivity contribution < 1.29 is 28.6 Å². The van der Waals surface area contributed by atoms with Gasteiger partial charge in [-0.1, -0.05) is 0 Å². The minimum absolute atomic E-state index is 0.0173. The molecular formula is C27H32FN3O5. The van der Waals surface area contributed by atoms with Crippen LogP contribution in [-0.2, 0) is 4.79 Å². The first-order valence-electron chi connectivity index (χ1n) is 12.7. The van der Waals surface area contributed by atoms with E-state index in [1.54, 1.807) is 12.1 Å². The lowest BCUT2D eigenvalue weighted by Gasteiger charge is -2.36. The molecule has 192 valence electrons. The molecule has 3 heterocycles. The number of aliphatic hydroxyl groups is 1. The van der Waals surface area contributed by atoms with E-state index in [4.69, 9.17) is 9.47 Å². The van der Waals surface area contributed by atoms with Gasteiger partial charge in [-0.15, -0.1) is 0 Å². The van der Waals surface area contributed by atoms with E-state index in [1.807, 2.05) is 12.1 Å². The molecule has 3 aliphatic heterocycles. The summed E-state index contributed by atoms with van der Waals surface area (Å²) in [4.78, 5) is 30.2. The Kier molecular flexibility index (Phi) is 7.38. The molecule has 2 aromatic carbocycles. The van der Waals surface area contributed by atoms with Gasteiger partial charge in [0.15, 0.2) is 17.3 Å². The van der Waals surface area contributed by atoms with Crippen LogP contribution in [0.25, 0.3) is 0 Å². The molecule has 2 saturated heterocycles. The standard InChI is InChI=1S/C27H32FN3O5/c28-21-15-19(16-23-26(21)36-14-13-35-23)24(32)22(17-30-9-4-10-30)29-27(34)25(33)18-5-7-20(8-6-18)31-11-2-1-3-12-31/h5-8,15-16,22,24,32H,1-4,9-14,17H2,(H,29,34)/t22-,24+/m1/s1. The molecule has 8 nitrogen and oxygen atoms in total. The van der Waals surface area contributed by atoms with Crippen molar-refractivity contribution in [2.45, 2.75) is 37.8 Å². The molecule has 0 radical (unpaired) electrons. The Labute approximate surface area is 210 Å². The van der Waals surface area contributed by atoms with Gasteiger partial charge in [-0.3, -0.25) is 9.59 Å². The molecular weight excluding hydrogens is 465 g/mol. The summed E-state index contributed by atoms with van der Waals surface area (Å²) < 4.78 is 25.4. The highest BCUT2D eigenvalue weighted by atomic mass is 19.1. The van der Waals surface area contributed by atoms with Crippen molar-refractivity contribution >= 4 is 17.4 Å². The minimum atomic E-state index is -1.24. The molecule has 9 heteroatoms. The highest BCUT2D eigenvalue weighted by Crippen LogP contribution is 2.36. The maximum atomic E-state index is 14.6. The summed E-state index contributed by atoms with van der Waals surface area (Å²) >= 11 is 0. The lowest BCUT2D eigenvalue weighted by molar-refractivity contribution is -0.118. The number of Topliss-reactive ketones (excluding diaryl/α,β-unsaturated/α-hetero) is 1. The van der Waals surface area contributed by atoms with Crippen LogP contribution in [0.3, 0.4) is 0 Å². The Balaban J connectivity index is 1.30. The van der Waals surface area contributed by atoms with E-state index >= 15 is 0 Å². The average Bonchev–Trinajstić information content (AvgIpc) is 2.89. The average molecular weight is 498 g/mol. The third-order valence-electron chi connectivity index (χ3n) is 7.12. The smallest absolute Gasteiger partial charge is 0.292 e. The molecule has 5 rings (SSSR count). The van der Waals surface area contributed by atoms with Gasteiger partial charge in [-0.05, 0) is 80.7 Å². The van der Waals surface area contributed by atoms with E-state index in [2.05, 4.69) is 15.1 Å². The zero-order valence-electron chi connectivity index (χ0n) is 20.2. The van der Waals surface area contributed by atoms with Gasteiger partial charge in [0.25, 0.3) is 5.91 Å². The van der Waals surface area contributed by atoms with Gasteiger partial charge in [0.1, 0.15) is 19.3 Å². The Morgan fingerprint density at radius 2 is 1.69 bits per heavy atom. The molecule has 2 atom stereocenters. The number of hydrogen-bond acceptors (Lipinski definition) is 7. The van der Waals surface area contributed by atoms with Crippen LogP contribution >= 0.6 is 0 Å². The van der Waals surface area contributed by atoms with Crippen LogP contribution < -0.4 is 19.7 Å². The van der Waals surface area contributed by atoms with Crippen LogP contribution in [0, 0.1) is 5.82 Å². The van der Waals surface area contributed by atoms with E-state index < -0.39 is 29.7 Å². The van der Waals surface area contributed by atoms with Crippen LogP contribution in [0.2, 0.25) is 0 Å². The van der Waals surface area contributed by atoms with Crippen LogP contribution in [0.4, 0.5) is 10.1 Å². The van der Waals surface area contributed by atoms with Crippen LogP contribution in [0.1, 0.15) is 47.7 Å². The van der Waals surface area contributed by atoms with Crippen LogP contribution in [0.15, 0.2) is 36.4 Å². The van der Waals surface area contributed by atoms with Gasteiger partial charge in [0.2, 0.25) is 5.78 Å². The summed E-state index contributed by atoms with van der Waals surface area (Å²) in [6, 6.07) is 8.99. The monoisotopic (exact) mass is 497 g/mol. The summed E-state index contributed by atoms with van der Waals surface area (Å²) in [7, 11) is 0. The number of piperidine rings is 1. The number of aliphatic hydroxyl groups excluding tert-OH is 1. The Hall–Kier alpha value is -3.17. The third kappa shape index (κ3) is 5.32. The maximum Gasteiger partial charge on any atom is 0.292 e. The number of hydrogen-bond donors (Lipinski definition) is 2. The van der Waals surface area contributed by atoms with Crippen molar-refractivity contribution in [2.24, 2.45) is 0 Å². The molecule has 2 N–H and O–H groups in total. The Morgan fingerprint density at radius 1 is 0.972 bits per heavy atom. The van der Waals surface area contributed by atoms with Crippen molar-refractivity contribution in [1.29, 1.82) is 0 Å². The molecule has 0 bridgehead atoms. The van der Waals surface area contributed by atoms with Gasteiger partial charge in [0.05, 0.1) is 6.04 Å². The Bertz CT molecular complexity index is 1100. The molecule has 0 spiro atoms. The number of halogens is 1. The predicted molar refractivity (Wildman–Crippen MR) is 132 cm³/mol. The van der Waals surface area contributed by atoms with Crippen LogP contribution in [0.5, 0.6) is 11.5 Å². The first kappa shape index (κ1) is 24.5. The summed E-state index contributed by atoms with van der Waals surface area (Å²) in [6.07, 6.45) is 3.32. The van der Waals surface area contributed by atoms with E-state index in [9.17, 15) is 19.1 Å². The highest BCUT2D eigenvalue weighted by molar-refractivity contribution is 6.42. The second kappa shape index (κ2) is 10.8. The summed E-state index contributed by atoms with van der Waals surface area (Å²) in [6.45, 7) is 4.52. The number of amides is 1. The second-order valence-electron chi connectivity index (χ2n) is 9.63. The van der Waals surface area contributed by atoms with Crippen LogP contribution in [-0.4, -0.2) is 73.7 Å². The summed E-state index contributed by atoms with van der Waals surface area (Å²) in [5, 5.41) is 13.8. The largest absolute Gasteiger partial charge is 0.486 e. The first-order chi connectivity index (χ1) is 17.5. The molecule has 0 aliphatic carbocycles. The molecule has 2 aromatic rings. The van der Waals surface area contributed by atoms with Crippen molar-refractivity contribution in [3.63, 3.8) is 0 Å². The van der Waals surface area contributed by atoms with Gasteiger partial charge in [-0.2, -0.15) is 0 Å². The molecule has 0 aromatic heterocycles. The Morgan fingerprint density at radius 3 is 2.39 bits per heavy atom. The fourth-order valence-electron chi connectivity index (χ4n) is 4.94. The molecule has 1 amide bonds. The van der Waals surface area contributed by atoms with Gasteiger partial charge in [0, 0.05) is 30.9 Å². The number of nitrogens with zero attached hydrogens (tertiary/aromatic N) is 2. The maximum absolute atomic E-state index is 14.6. The second-order valence-corrected chi connectivity index (χ2v) is 9.63. The number of ether oxygens (including phenoxy) is 2. The van der Waals surface area contributed by atoms with E-state index in [-0.39, 0.29) is 35.8 Å². The normalized spacial score (nSPS) is 19.2. The van der Waals surface area contributed by atoms with E-state index in [1.165, 1.54) is 18.6 Å². The van der Waals surface area contributed by atoms with Crippen molar-refractivity contribution in [1.82, 2.24) is 10.2 Å². The fraction of sp³-hybridized carbons (Fsp3) is 0.481. The van der Waals surface area contributed by atoms with E-state index in [0.717, 1.165) is 51.1 Å². The van der Waals surface area contributed by atoms with Gasteiger partial charge < -0.3 is 29.7 Å². The minimum Gasteiger partial charge on any atom is -0.486 e. The first-order valence-corrected chi connectivity index (χ1v) is 12.7. The number of carbonyl (C=O) groups is 2. The van der Waals surface area contributed by atoms with Gasteiger partial charge >= 0.3 is 0 Å². The number of ketones is 1. The lowest BCUT2D eigenvalue weighted by atomic mass is 9.99. The number of fused-ring (bicyclic) bond motifs is 1. The summed E-state index contributed by atoms with van der Waals surface area (Å²) in [5.74, 6) is -1.88.